The molecule has 0 aromatic heterocycles. The smallest absolute Gasteiger partial charge is 0.255 e. The molecule has 2 aromatic carbocycles. The lowest BCUT2D eigenvalue weighted by atomic mass is 10.1. The van der Waals surface area contributed by atoms with Crippen molar-refractivity contribution in [2.45, 2.75) is 26.7 Å². The first-order valence-corrected chi connectivity index (χ1v) is 9.52. The highest BCUT2D eigenvalue weighted by Gasteiger charge is 2.22. The van der Waals surface area contributed by atoms with Gasteiger partial charge in [0.25, 0.3) is 5.91 Å². The van der Waals surface area contributed by atoms with Gasteiger partial charge in [0, 0.05) is 29.5 Å². The largest absolute Gasteiger partial charge is 0.375 e. The number of hydrogen-bond acceptors (Lipinski definition) is 3. The minimum Gasteiger partial charge on any atom is -0.375 e. The summed E-state index contributed by atoms with van der Waals surface area (Å²) in [6.45, 7) is 5.51. The molecule has 2 amide bonds. The van der Waals surface area contributed by atoms with Gasteiger partial charge in [-0.1, -0.05) is 29.8 Å². The predicted octanol–water partition coefficient (Wildman–Crippen LogP) is 4.24. The molecule has 5 nitrogen and oxygen atoms in total. The van der Waals surface area contributed by atoms with E-state index < -0.39 is 0 Å². The molecule has 0 bridgehead atoms. The summed E-state index contributed by atoms with van der Waals surface area (Å²) >= 11 is 6.10. The average molecular weight is 386 g/mol. The van der Waals surface area contributed by atoms with E-state index in [-0.39, 0.29) is 18.4 Å². The Balaban J connectivity index is 1.71. The van der Waals surface area contributed by atoms with E-state index in [1.54, 1.807) is 18.2 Å². The standard InChI is InChI=1S/C21H24ClN3O2/c1-14-6-5-7-15(2)20(14)24-19(26)13-23-18-12-16(22)8-9-17(18)21(27)25-10-3-4-11-25/h5-9,12,23H,3-4,10-11,13H2,1-2H3,(H,24,26). The molecule has 27 heavy (non-hydrogen) atoms. The van der Waals surface area contributed by atoms with Crippen molar-refractivity contribution >= 4 is 34.8 Å². The van der Waals surface area contributed by atoms with Crippen LogP contribution in [0.25, 0.3) is 0 Å². The van der Waals surface area contributed by atoms with Crippen molar-refractivity contribution in [3.63, 3.8) is 0 Å². The number of para-hydroxylation sites is 1. The first-order chi connectivity index (χ1) is 13.0. The van der Waals surface area contributed by atoms with Crippen LogP contribution in [-0.4, -0.2) is 36.3 Å². The van der Waals surface area contributed by atoms with Gasteiger partial charge in [-0.05, 0) is 56.0 Å². The Kier molecular flexibility index (Phi) is 6.01. The Bertz CT molecular complexity index is 840. The first kappa shape index (κ1) is 19.2. The highest BCUT2D eigenvalue weighted by molar-refractivity contribution is 6.31. The van der Waals surface area contributed by atoms with Gasteiger partial charge >= 0.3 is 0 Å². The van der Waals surface area contributed by atoms with E-state index in [1.165, 1.54) is 0 Å². The van der Waals surface area contributed by atoms with Gasteiger partial charge in [0.1, 0.15) is 0 Å². The summed E-state index contributed by atoms with van der Waals surface area (Å²) in [6.07, 6.45) is 2.06. The van der Waals surface area contributed by atoms with Gasteiger partial charge in [0.2, 0.25) is 5.91 Å². The molecule has 2 aromatic rings. The third-order valence-corrected chi connectivity index (χ3v) is 5.03. The summed E-state index contributed by atoms with van der Waals surface area (Å²) in [6, 6.07) is 11.0. The van der Waals surface area contributed by atoms with Crippen LogP contribution in [0.5, 0.6) is 0 Å². The molecule has 142 valence electrons. The molecule has 0 aliphatic carbocycles. The third-order valence-electron chi connectivity index (χ3n) is 4.79. The van der Waals surface area contributed by atoms with Gasteiger partial charge in [-0.15, -0.1) is 0 Å². The zero-order valence-corrected chi connectivity index (χ0v) is 16.4. The number of nitrogens with zero attached hydrogens (tertiary/aromatic N) is 1. The van der Waals surface area contributed by atoms with Crippen LogP contribution in [-0.2, 0) is 4.79 Å². The maximum atomic E-state index is 12.7. The maximum absolute atomic E-state index is 12.7. The van der Waals surface area contributed by atoms with Gasteiger partial charge < -0.3 is 15.5 Å². The van der Waals surface area contributed by atoms with E-state index in [4.69, 9.17) is 11.6 Å². The van der Waals surface area contributed by atoms with Crippen LogP contribution in [0.2, 0.25) is 5.02 Å². The lowest BCUT2D eigenvalue weighted by Gasteiger charge is -2.19. The molecule has 1 fully saturated rings. The van der Waals surface area contributed by atoms with E-state index in [0.29, 0.717) is 16.3 Å². The van der Waals surface area contributed by atoms with Gasteiger partial charge in [-0.2, -0.15) is 0 Å². The fraction of sp³-hybridized carbons (Fsp3) is 0.333. The summed E-state index contributed by atoms with van der Waals surface area (Å²) in [5, 5.41) is 6.53. The molecular formula is C21H24ClN3O2. The molecule has 0 atom stereocenters. The molecule has 1 heterocycles. The maximum Gasteiger partial charge on any atom is 0.255 e. The van der Waals surface area contributed by atoms with Crippen molar-refractivity contribution in [1.82, 2.24) is 4.90 Å². The van der Waals surface area contributed by atoms with Crippen molar-refractivity contribution in [2.75, 3.05) is 30.3 Å². The van der Waals surface area contributed by atoms with Gasteiger partial charge in [0.05, 0.1) is 12.1 Å². The van der Waals surface area contributed by atoms with E-state index in [9.17, 15) is 9.59 Å². The van der Waals surface area contributed by atoms with Gasteiger partial charge in [-0.25, -0.2) is 0 Å². The molecule has 1 saturated heterocycles. The number of likely N-dealkylation sites (tertiary alicyclic amines) is 1. The van der Waals surface area contributed by atoms with Crippen LogP contribution in [0.3, 0.4) is 0 Å². The minimum atomic E-state index is -0.174. The number of nitrogens with one attached hydrogen (secondary N) is 2. The van der Waals surface area contributed by atoms with Crippen LogP contribution < -0.4 is 10.6 Å². The molecule has 0 unspecified atom stereocenters. The number of carbonyl (C=O) groups excluding carboxylic acids is 2. The number of halogens is 1. The van der Waals surface area contributed by atoms with Crippen LogP contribution >= 0.6 is 11.6 Å². The highest BCUT2D eigenvalue weighted by atomic mass is 35.5. The monoisotopic (exact) mass is 385 g/mol. The van der Waals surface area contributed by atoms with E-state index in [1.807, 2.05) is 36.9 Å². The number of rotatable bonds is 5. The fourth-order valence-electron chi connectivity index (χ4n) is 3.31. The number of aryl methyl sites for hydroxylation is 2. The lowest BCUT2D eigenvalue weighted by molar-refractivity contribution is -0.114. The highest BCUT2D eigenvalue weighted by Crippen LogP contribution is 2.24. The summed E-state index contributed by atoms with van der Waals surface area (Å²) in [5.41, 5.74) is 3.97. The molecule has 1 aliphatic rings. The molecule has 6 heteroatoms. The second-order valence-corrected chi connectivity index (χ2v) is 7.29. The number of anilines is 2. The van der Waals surface area contributed by atoms with Crippen molar-refractivity contribution in [2.24, 2.45) is 0 Å². The Labute approximate surface area is 164 Å². The molecule has 3 rings (SSSR count). The minimum absolute atomic E-state index is 0.0261. The molecule has 0 spiro atoms. The van der Waals surface area contributed by atoms with Crippen molar-refractivity contribution in [1.29, 1.82) is 0 Å². The van der Waals surface area contributed by atoms with Crippen LogP contribution in [0.15, 0.2) is 36.4 Å². The third kappa shape index (κ3) is 4.61. The quantitative estimate of drug-likeness (QED) is 0.809. The summed E-state index contributed by atoms with van der Waals surface area (Å²) in [5.74, 6) is -0.200. The number of hydrogen-bond donors (Lipinski definition) is 2. The number of amides is 2. The number of carbonyl (C=O) groups is 2. The summed E-state index contributed by atoms with van der Waals surface area (Å²) in [7, 11) is 0. The zero-order chi connectivity index (χ0) is 19.4. The van der Waals surface area contributed by atoms with Crippen LogP contribution in [0, 0.1) is 13.8 Å². The van der Waals surface area contributed by atoms with Crippen molar-refractivity contribution in [3.05, 3.63) is 58.1 Å². The fourth-order valence-corrected chi connectivity index (χ4v) is 3.48. The molecule has 2 N–H and O–H groups in total. The Hall–Kier alpha value is -2.53. The predicted molar refractivity (Wildman–Crippen MR) is 110 cm³/mol. The van der Waals surface area contributed by atoms with Crippen molar-refractivity contribution < 1.29 is 9.59 Å². The van der Waals surface area contributed by atoms with E-state index in [2.05, 4.69) is 10.6 Å². The topological polar surface area (TPSA) is 61.4 Å². The lowest BCUT2D eigenvalue weighted by Crippen LogP contribution is -2.29. The molecular weight excluding hydrogens is 362 g/mol. The van der Waals surface area contributed by atoms with Crippen molar-refractivity contribution in [3.8, 4) is 0 Å². The SMILES string of the molecule is Cc1cccc(C)c1NC(=O)CNc1cc(Cl)ccc1C(=O)N1CCCC1. The van der Waals surface area contributed by atoms with Gasteiger partial charge in [-0.3, -0.25) is 9.59 Å². The Morgan fingerprint density at radius 1 is 1.07 bits per heavy atom. The second kappa shape index (κ2) is 8.44. The van der Waals surface area contributed by atoms with Gasteiger partial charge in [0.15, 0.2) is 0 Å². The number of benzene rings is 2. The summed E-state index contributed by atoms with van der Waals surface area (Å²) in [4.78, 5) is 27.0. The zero-order valence-electron chi connectivity index (χ0n) is 15.6. The molecule has 0 radical (unpaired) electrons. The summed E-state index contributed by atoms with van der Waals surface area (Å²) < 4.78 is 0. The normalized spacial score (nSPS) is 13.5. The Morgan fingerprint density at radius 2 is 1.74 bits per heavy atom. The van der Waals surface area contributed by atoms with Crippen LogP contribution in [0.4, 0.5) is 11.4 Å². The average Bonchev–Trinajstić information content (AvgIpc) is 3.17. The van der Waals surface area contributed by atoms with E-state index >= 15 is 0 Å². The Morgan fingerprint density at radius 3 is 2.41 bits per heavy atom. The second-order valence-electron chi connectivity index (χ2n) is 6.86. The molecule has 1 aliphatic heterocycles. The van der Waals surface area contributed by atoms with Crippen LogP contribution in [0.1, 0.15) is 34.3 Å². The molecule has 0 saturated carbocycles. The van der Waals surface area contributed by atoms with E-state index in [0.717, 1.165) is 42.7 Å². The first-order valence-electron chi connectivity index (χ1n) is 9.14.